The Hall–Kier alpha value is -2.99. The van der Waals surface area contributed by atoms with Gasteiger partial charge in [0.05, 0.1) is 29.5 Å². The van der Waals surface area contributed by atoms with E-state index in [2.05, 4.69) is 28.7 Å². The minimum absolute atomic E-state index is 0.249. The maximum atomic E-state index is 14.0. The van der Waals surface area contributed by atoms with Crippen molar-refractivity contribution in [1.82, 2.24) is 10.3 Å². The number of benzene rings is 1. The van der Waals surface area contributed by atoms with Gasteiger partial charge in [-0.3, -0.25) is 4.99 Å². The Bertz CT molecular complexity index is 1260. The van der Waals surface area contributed by atoms with Crippen LogP contribution in [0.4, 0.5) is 10.1 Å². The molecule has 3 aromatic rings. The molecular weight excluding hydrogens is 449 g/mol. The maximum Gasteiger partial charge on any atom is 0.165 e. The van der Waals surface area contributed by atoms with Crippen LogP contribution in [0.5, 0.6) is 5.75 Å². The number of hydrogen-bond acceptors (Lipinski definition) is 6. The summed E-state index contributed by atoms with van der Waals surface area (Å²) >= 11 is 1.60. The van der Waals surface area contributed by atoms with E-state index in [0.29, 0.717) is 13.0 Å². The summed E-state index contributed by atoms with van der Waals surface area (Å²) in [5, 5.41) is 4.46. The second kappa shape index (κ2) is 11.0. The molecule has 1 N–H and O–H groups in total. The van der Waals surface area contributed by atoms with E-state index in [-0.39, 0.29) is 17.7 Å². The molecule has 1 atom stereocenters. The van der Waals surface area contributed by atoms with Crippen molar-refractivity contribution in [2.24, 2.45) is 4.99 Å². The van der Waals surface area contributed by atoms with Gasteiger partial charge in [-0.15, -0.1) is 17.1 Å². The summed E-state index contributed by atoms with van der Waals surface area (Å²) in [5.41, 5.74) is 7.98. The number of methoxy groups -OCH3 is 1. The Morgan fingerprint density at radius 3 is 2.97 bits per heavy atom. The van der Waals surface area contributed by atoms with E-state index in [9.17, 15) is 4.39 Å². The second-order valence-electron chi connectivity index (χ2n) is 8.13. The molecule has 0 saturated heterocycles. The Balaban J connectivity index is 1.58. The standard InChI is InChI=1S/C27H30FN3O2S/c1-5-22(30-13-12-17-8-11-24(32-4)21(28)14-17)26-25(29-6-2)20-16-18-15-19(33-7-3)9-10-23(18)31-27(20)34-26/h6,8,11,14,16,19,30H,1,7,9-10,12-13,15H2,2-4H3. The van der Waals surface area contributed by atoms with Gasteiger partial charge in [0, 0.05) is 36.9 Å². The normalized spacial score (nSPS) is 15.4. The van der Waals surface area contributed by atoms with Crippen molar-refractivity contribution in [2.45, 2.75) is 45.6 Å². The molecule has 0 fully saturated rings. The molecular formula is C27H30FN3O2S. The quantitative estimate of drug-likeness (QED) is 0.301. The van der Waals surface area contributed by atoms with Gasteiger partial charge in [-0.1, -0.05) is 12.6 Å². The molecule has 2 heterocycles. The molecule has 5 nitrogen and oxygen atoms in total. The number of ether oxygens (including phenoxy) is 2. The van der Waals surface area contributed by atoms with Crippen LogP contribution in [0.2, 0.25) is 0 Å². The van der Waals surface area contributed by atoms with Crippen LogP contribution in [0.15, 0.2) is 41.6 Å². The fourth-order valence-electron chi connectivity index (χ4n) is 4.35. The van der Waals surface area contributed by atoms with Crippen LogP contribution in [0.25, 0.3) is 15.9 Å². The number of fused-ring (bicyclic) bond motifs is 2. The zero-order valence-electron chi connectivity index (χ0n) is 19.9. The van der Waals surface area contributed by atoms with E-state index in [1.54, 1.807) is 23.6 Å². The molecule has 7 heteroatoms. The third-order valence-electron chi connectivity index (χ3n) is 5.97. The molecule has 178 valence electrons. The fraction of sp³-hybridized carbons (Fsp3) is 0.370. The third-order valence-corrected chi connectivity index (χ3v) is 7.08. The molecule has 34 heavy (non-hydrogen) atoms. The van der Waals surface area contributed by atoms with Crippen LogP contribution in [0.3, 0.4) is 0 Å². The van der Waals surface area contributed by atoms with E-state index in [0.717, 1.165) is 63.6 Å². The van der Waals surface area contributed by atoms with Crippen molar-refractivity contribution in [1.29, 1.82) is 0 Å². The monoisotopic (exact) mass is 479 g/mol. The van der Waals surface area contributed by atoms with E-state index in [1.807, 2.05) is 19.9 Å². The maximum absolute atomic E-state index is 14.0. The summed E-state index contributed by atoms with van der Waals surface area (Å²) in [6.07, 6.45) is 5.51. The zero-order valence-corrected chi connectivity index (χ0v) is 20.7. The van der Waals surface area contributed by atoms with Crippen LogP contribution in [0.1, 0.15) is 42.0 Å². The van der Waals surface area contributed by atoms with Crippen molar-refractivity contribution in [3.05, 3.63) is 64.1 Å². The number of nitrogens with one attached hydrogen (secondary N) is 1. The van der Waals surface area contributed by atoms with Gasteiger partial charge in [-0.2, -0.15) is 0 Å². The number of aliphatic imine (C=N–C) groups is 1. The lowest BCUT2D eigenvalue weighted by atomic mass is 9.93. The second-order valence-corrected chi connectivity index (χ2v) is 9.13. The van der Waals surface area contributed by atoms with E-state index >= 15 is 0 Å². The average Bonchev–Trinajstić information content (AvgIpc) is 3.18. The lowest BCUT2D eigenvalue weighted by Crippen LogP contribution is -2.23. The highest BCUT2D eigenvalue weighted by atomic mass is 32.1. The van der Waals surface area contributed by atoms with Gasteiger partial charge in [0.25, 0.3) is 0 Å². The molecule has 0 spiro atoms. The lowest BCUT2D eigenvalue weighted by Gasteiger charge is -2.23. The molecule has 0 saturated carbocycles. The van der Waals surface area contributed by atoms with Crippen molar-refractivity contribution < 1.29 is 13.9 Å². The van der Waals surface area contributed by atoms with Gasteiger partial charge < -0.3 is 14.8 Å². The molecule has 1 unspecified atom stereocenters. The van der Waals surface area contributed by atoms with Gasteiger partial charge in [-0.05, 0) is 62.4 Å². The highest BCUT2D eigenvalue weighted by Crippen LogP contribution is 2.41. The highest BCUT2D eigenvalue weighted by molar-refractivity contribution is 7.20. The van der Waals surface area contributed by atoms with Crippen molar-refractivity contribution in [3.63, 3.8) is 0 Å². The van der Waals surface area contributed by atoms with E-state index in [4.69, 9.17) is 14.5 Å². The van der Waals surface area contributed by atoms with E-state index < -0.39 is 0 Å². The Morgan fingerprint density at radius 1 is 1.41 bits per heavy atom. The number of pyridine rings is 1. The lowest BCUT2D eigenvalue weighted by molar-refractivity contribution is 0.0531. The fourth-order valence-corrected chi connectivity index (χ4v) is 5.47. The van der Waals surface area contributed by atoms with Crippen LogP contribution in [-0.4, -0.2) is 37.6 Å². The number of aromatic nitrogens is 1. The van der Waals surface area contributed by atoms with Gasteiger partial charge in [0.2, 0.25) is 0 Å². The Labute approximate surface area is 204 Å². The number of nitrogens with zero attached hydrogens (tertiary/aromatic N) is 2. The molecule has 0 aliphatic heterocycles. The van der Waals surface area contributed by atoms with Crippen molar-refractivity contribution >= 4 is 39.2 Å². The summed E-state index contributed by atoms with van der Waals surface area (Å²) in [5.74, 6) is -0.108. The average molecular weight is 480 g/mol. The largest absolute Gasteiger partial charge is 0.494 e. The zero-order chi connectivity index (χ0) is 24.1. The van der Waals surface area contributed by atoms with Crippen LogP contribution in [-0.2, 0) is 24.0 Å². The molecule has 2 aromatic heterocycles. The predicted molar refractivity (Wildman–Crippen MR) is 138 cm³/mol. The summed E-state index contributed by atoms with van der Waals surface area (Å²) < 4.78 is 24.9. The first-order chi connectivity index (χ1) is 16.6. The first-order valence-electron chi connectivity index (χ1n) is 11.6. The molecule has 0 radical (unpaired) electrons. The summed E-state index contributed by atoms with van der Waals surface area (Å²) in [4.78, 5) is 11.6. The Kier molecular flexibility index (Phi) is 7.78. The molecule has 4 rings (SSSR count). The smallest absolute Gasteiger partial charge is 0.165 e. The Morgan fingerprint density at radius 2 is 2.26 bits per heavy atom. The number of thiophene rings is 1. The van der Waals surface area contributed by atoms with Crippen LogP contribution < -0.4 is 10.1 Å². The third kappa shape index (κ3) is 5.07. The van der Waals surface area contributed by atoms with Gasteiger partial charge in [0.15, 0.2) is 11.6 Å². The molecule has 0 amide bonds. The van der Waals surface area contributed by atoms with Gasteiger partial charge >= 0.3 is 0 Å². The number of hydrogen-bond donors (Lipinski definition) is 1. The summed E-state index contributed by atoms with van der Waals surface area (Å²) in [6, 6.07) is 7.26. The topological polar surface area (TPSA) is 55.7 Å². The number of halogens is 1. The molecule has 0 bridgehead atoms. The molecule has 1 aliphatic carbocycles. The van der Waals surface area contributed by atoms with Crippen LogP contribution >= 0.6 is 11.3 Å². The van der Waals surface area contributed by atoms with Crippen molar-refractivity contribution in [3.8, 4) is 5.75 Å². The van der Waals surface area contributed by atoms with E-state index in [1.165, 1.54) is 18.7 Å². The minimum atomic E-state index is -0.356. The van der Waals surface area contributed by atoms with Crippen LogP contribution in [0, 0.1) is 5.82 Å². The van der Waals surface area contributed by atoms with Gasteiger partial charge in [-0.25, -0.2) is 9.37 Å². The van der Waals surface area contributed by atoms with Crippen molar-refractivity contribution in [2.75, 3.05) is 20.3 Å². The number of rotatable bonds is 9. The SMILES string of the molecule is C=C=C(NCCc1ccc(OC)c(F)c1)c1sc2nc3c(cc2c1N=CC)CC(OCC)CC3. The number of aryl methyl sites for hydroxylation is 1. The van der Waals surface area contributed by atoms with Gasteiger partial charge in [0.1, 0.15) is 4.83 Å². The first-order valence-corrected chi connectivity index (χ1v) is 12.4. The minimum Gasteiger partial charge on any atom is -0.494 e. The predicted octanol–water partition coefficient (Wildman–Crippen LogP) is 6.02. The molecule has 1 aromatic carbocycles. The first kappa shape index (κ1) is 24.1. The highest BCUT2D eigenvalue weighted by Gasteiger charge is 2.23. The summed E-state index contributed by atoms with van der Waals surface area (Å²) in [7, 11) is 1.46. The summed E-state index contributed by atoms with van der Waals surface area (Å²) in [6.45, 7) is 9.18. The molecule has 1 aliphatic rings.